The first kappa shape index (κ1) is 9.63. The highest BCUT2D eigenvalue weighted by molar-refractivity contribution is 7.85. The van der Waals surface area contributed by atoms with E-state index in [1.807, 2.05) is 0 Å². The topological polar surface area (TPSA) is 78.4 Å². The number of thiol groups is 1. The van der Waals surface area contributed by atoms with Crippen LogP contribution in [0.3, 0.4) is 0 Å². The van der Waals surface area contributed by atoms with Crippen molar-refractivity contribution in [2.75, 3.05) is 10.6 Å². The highest BCUT2D eigenvalue weighted by Gasteiger charge is 2.19. The molecule has 1 atom stereocenters. The van der Waals surface area contributed by atoms with E-state index in [-0.39, 0.29) is 10.4 Å². The van der Waals surface area contributed by atoms with E-state index in [2.05, 4.69) is 23.3 Å². The first-order valence-corrected chi connectivity index (χ1v) is 5.75. The third kappa shape index (κ3) is 1.66. The molecule has 0 fully saturated rings. The van der Waals surface area contributed by atoms with E-state index in [1.54, 1.807) is 6.07 Å². The Morgan fingerprint density at radius 1 is 1.29 bits per heavy atom. The zero-order valence-corrected chi connectivity index (χ0v) is 8.64. The molecule has 14 heavy (non-hydrogen) atoms. The minimum atomic E-state index is -4.13. The van der Waals surface area contributed by atoms with Crippen LogP contribution in [0.25, 0.3) is 0 Å². The lowest BCUT2D eigenvalue weighted by atomic mass is 10.3. The molecule has 1 heterocycles. The zero-order chi connectivity index (χ0) is 10.3. The first-order chi connectivity index (χ1) is 6.47. The summed E-state index contributed by atoms with van der Waals surface area (Å²) in [7, 11) is -4.13. The molecule has 0 bridgehead atoms. The molecule has 1 aromatic carbocycles. The zero-order valence-electron chi connectivity index (χ0n) is 6.93. The van der Waals surface area contributed by atoms with Gasteiger partial charge in [0.05, 0.1) is 16.3 Å². The fourth-order valence-electron chi connectivity index (χ4n) is 1.26. The average molecular weight is 232 g/mol. The largest absolute Gasteiger partial charge is 0.355 e. The van der Waals surface area contributed by atoms with Gasteiger partial charge in [0.1, 0.15) is 5.50 Å². The minimum Gasteiger partial charge on any atom is -0.355 e. The van der Waals surface area contributed by atoms with Crippen molar-refractivity contribution in [3.63, 3.8) is 0 Å². The van der Waals surface area contributed by atoms with Crippen molar-refractivity contribution in [2.24, 2.45) is 0 Å². The van der Waals surface area contributed by atoms with Gasteiger partial charge in [0.25, 0.3) is 10.1 Å². The van der Waals surface area contributed by atoms with Gasteiger partial charge in [0.2, 0.25) is 0 Å². The van der Waals surface area contributed by atoms with Crippen LogP contribution in [0.15, 0.2) is 23.1 Å². The normalized spacial score (nSPS) is 19.7. The Bertz CT molecular complexity index is 472. The fourth-order valence-corrected chi connectivity index (χ4v) is 2.04. The molecule has 5 nitrogen and oxygen atoms in total. The average Bonchev–Trinajstić information content (AvgIpc) is 2.41. The van der Waals surface area contributed by atoms with Crippen LogP contribution in [0.4, 0.5) is 11.4 Å². The minimum absolute atomic E-state index is 0.131. The number of anilines is 2. The SMILES string of the molecule is O=S(=O)(O)c1ccc2c(c1)NC(S)N2. The van der Waals surface area contributed by atoms with Gasteiger partial charge in [-0.05, 0) is 18.2 Å². The van der Waals surface area contributed by atoms with Crippen molar-refractivity contribution < 1.29 is 13.0 Å². The maximum atomic E-state index is 10.8. The van der Waals surface area contributed by atoms with E-state index in [0.29, 0.717) is 5.69 Å². The molecule has 0 radical (unpaired) electrons. The second kappa shape index (κ2) is 3.04. The molecule has 76 valence electrons. The van der Waals surface area contributed by atoms with Crippen molar-refractivity contribution >= 4 is 34.1 Å². The molecule has 0 spiro atoms. The number of benzene rings is 1. The van der Waals surface area contributed by atoms with Crippen LogP contribution in [0, 0.1) is 0 Å². The Kier molecular flexibility index (Phi) is 2.09. The maximum absolute atomic E-state index is 10.8. The summed E-state index contributed by atoms with van der Waals surface area (Å²) in [5.74, 6) is 0. The molecule has 7 heteroatoms. The summed E-state index contributed by atoms with van der Waals surface area (Å²) in [5, 5.41) is 5.84. The van der Waals surface area contributed by atoms with Crippen molar-refractivity contribution in [1.82, 2.24) is 0 Å². The summed E-state index contributed by atoms with van der Waals surface area (Å²) in [6.45, 7) is 0. The summed E-state index contributed by atoms with van der Waals surface area (Å²) in [4.78, 5) is -0.131. The molecular weight excluding hydrogens is 224 g/mol. The third-order valence-corrected chi connectivity index (χ3v) is 2.98. The van der Waals surface area contributed by atoms with Gasteiger partial charge < -0.3 is 10.6 Å². The van der Waals surface area contributed by atoms with E-state index >= 15 is 0 Å². The first-order valence-electron chi connectivity index (χ1n) is 3.79. The van der Waals surface area contributed by atoms with Crippen LogP contribution in [0.5, 0.6) is 0 Å². The van der Waals surface area contributed by atoms with Crippen LogP contribution in [-0.4, -0.2) is 18.5 Å². The molecule has 1 unspecified atom stereocenters. The van der Waals surface area contributed by atoms with Crippen molar-refractivity contribution in [3.05, 3.63) is 18.2 Å². The predicted molar refractivity (Wildman–Crippen MR) is 56.3 cm³/mol. The molecule has 0 saturated carbocycles. The number of nitrogens with one attached hydrogen (secondary N) is 2. The van der Waals surface area contributed by atoms with Crippen molar-refractivity contribution in [1.29, 1.82) is 0 Å². The predicted octanol–water partition coefficient (Wildman–Crippen LogP) is 0.984. The lowest BCUT2D eigenvalue weighted by Crippen LogP contribution is -2.13. The summed E-state index contributed by atoms with van der Waals surface area (Å²) >= 11 is 4.11. The van der Waals surface area contributed by atoms with Crippen LogP contribution in [0.1, 0.15) is 0 Å². The Balaban J connectivity index is 2.48. The molecule has 0 amide bonds. The van der Waals surface area contributed by atoms with E-state index in [9.17, 15) is 8.42 Å². The maximum Gasteiger partial charge on any atom is 0.294 e. The number of fused-ring (bicyclic) bond motifs is 1. The monoisotopic (exact) mass is 232 g/mol. The van der Waals surface area contributed by atoms with E-state index in [1.165, 1.54) is 12.1 Å². The highest BCUT2D eigenvalue weighted by Crippen LogP contribution is 2.31. The molecule has 1 aliphatic heterocycles. The molecule has 0 aromatic heterocycles. The van der Waals surface area contributed by atoms with E-state index in [0.717, 1.165) is 5.69 Å². The fraction of sp³-hybridized carbons (Fsp3) is 0.143. The summed E-state index contributed by atoms with van der Waals surface area (Å²) in [6.07, 6.45) is 0. The van der Waals surface area contributed by atoms with Gasteiger partial charge in [-0.1, -0.05) is 0 Å². The molecule has 0 aliphatic carbocycles. The lowest BCUT2D eigenvalue weighted by molar-refractivity contribution is 0.483. The van der Waals surface area contributed by atoms with E-state index < -0.39 is 10.1 Å². The summed E-state index contributed by atoms with van der Waals surface area (Å²) in [5.41, 5.74) is 1.14. The van der Waals surface area contributed by atoms with Crippen LogP contribution in [0.2, 0.25) is 0 Å². The third-order valence-electron chi connectivity index (χ3n) is 1.87. The van der Waals surface area contributed by atoms with Crippen molar-refractivity contribution in [3.8, 4) is 0 Å². The second-order valence-electron chi connectivity index (χ2n) is 2.87. The molecular formula is C7H8N2O3S2. The van der Waals surface area contributed by atoms with Gasteiger partial charge in [0.15, 0.2) is 0 Å². The Morgan fingerprint density at radius 2 is 1.93 bits per heavy atom. The Hall–Kier alpha value is -0.920. The molecule has 1 aromatic rings. The number of rotatable bonds is 1. The quantitative estimate of drug-likeness (QED) is 0.429. The smallest absolute Gasteiger partial charge is 0.294 e. The second-order valence-corrected chi connectivity index (χ2v) is 4.81. The van der Waals surface area contributed by atoms with Crippen LogP contribution >= 0.6 is 12.6 Å². The summed E-state index contributed by atoms with van der Waals surface area (Å²) < 4.78 is 30.4. The Morgan fingerprint density at radius 3 is 2.57 bits per heavy atom. The number of hydrogen-bond donors (Lipinski definition) is 4. The van der Waals surface area contributed by atoms with E-state index in [4.69, 9.17) is 4.55 Å². The molecule has 1 aliphatic rings. The lowest BCUT2D eigenvalue weighted by Gasteiger charge is -2.01. The van der Waals surface area contributed by atoms with Gasteiger partial charge >= 0.3 is 0 Å². The number of hydrogen-bond acceptors (Lipinski definition) is 5. The molecule has 3 N–H and O–H groups in total. The summed E-state index contributed by atoms with van der Waals surface area (Å²) in [6, 6.07) is 4.25. The highest BCUT2D eigenvalue weighted by atomic mass is 32.2. The van der Waals surface area contributed by atoms with Crippen LogP contribution < -0.4 is 10.6 Å². The standard InChI is InChI=1S/C7H8N2O3S2/c10-14(11,12)4-1-2-5-6(3-4)9-7(13)8-5/h1-3,7-9,13H,(H,10,11,12). The van der Waals surface area contributed by atoms with Crippen LogP contribution in [-0.2, 0) is 10.1 Å². The Labute approximate surface area is 86.7 Å². The van der Waals surface area contributed by atoms with Crippen molar-refractivity contribution in [2.45, 2.75) is 10.4 Å². The van der Waals surface area contributed by atoms with Gasteiger partial charge in [-0.15, -0.1) is 12.6 Å². The molecule has 0 saturated heterocycles. The molecule has 2 rings (SSSR count). The van der Waals surface area contributed by atoms with Gasteiger partial charge in [-0.3, -0.25) is 4.55 Å². The van der Waals surface area contributed by atoms with Gasteiger partial charge in [-0.2, -0.15) is 8.42 Å². The van der Waals surface area contributed by atoms with Gasteiger partial charge in [-0.25, -0.2) is 0 Å². The van der Waals surface area contributed by atoms with Gasteiger partial charge in [0, 0.05) is 0 Å².